The molecule has 2 aromatic carbocycles. The van der Waals surface area contributed by atoms with Crippen molar-refractivity contribution in [1.29, 1.82) is 5.26 Å². The van der Waals surface area contributed by atoms with Gasteiger partial charge in [-0.15, -0.1) is 0 Å². The Morgan fingerprint density at radius 2 is 2.04 bits per heavy atom. The molecule has 0 saturated heterocycles. The van der Waals surface area contributed by atoms with Crippen LogP contribution in [0.2, 0.25) is 0 Å². The Labute approximate surface area is 142 Å². The van der Waals surface area contributed by atoms with E-state index < -0.39 is 0 Å². The minimum atomic E-state index is 0.643. The number of aromatic amines is 1. The monoisotopic (exact) mass is 315 g/mol. The minimum absolute atomic E-state index is 0.643. The van der Waals surface area contributed by atoms with Crippen molar-refractivity contribution in [3.05, 3.63) is 71.4 Å². The summed E-state index contributed by atoms with van der Waals surface area (Å²) >= 11 is 0. The quantitative estimate of drug-likeness (QED) is 0.764. The van der Waals surface area contributed by atoms with Gasteiger partial charge < -0.3 is 9.88 Å². The summed E-state index contributed by atoms with van der Waals surface area (Å²) in [4.78, 5) is 5.75. The Balaban J connectivity index is 1.42. The van der Waals surface area contributed by atoms with Crippen molar-refractivity contribution in [3.63, 3.8) is 0 Å². The smallest absolute Gasteiger partial charge is 0.0992 e. The predicted octanol–water partition coefficient (Wildman–Crippen LogP) is 4.28. The van der Waals surface area contributed by atoms with Crippen molar-refractivity contribution in [2.75, 3.05) is 13.6 Å². The molecule has 1 fully saturated rings. The number of benzene rings is 2. The molecule has 1 heterocycles. The van der Waals surface area contributed by atoms with E-state index in [9.17, 15) is 0 Å². The SMILES string of the molecule is CN(Cc1ccccc1)CC1CC1c1c[nH]c2cc(C#N)ccc12. The summed E-state index contributed by atoms with van der Waals surface area (Å²) in [6.45, 7) is 2.13. The van der Waals surface area contributed by atoms with Gasteiger partial charge in [-0.2, -0.15) is 5.26 Å². The summed E-state index contributed by atoms with van der Waals surface area (Å²) in [5.41, 5.74) is 4.57. The number of rotatable bonds is 5. The lowest BCUT2D eigenvalue weighted by molar-refractivity contribution is 0.311. The average Bonchev–Trinajstić information content (AvgIpc) is 3.22. The molecule has 0 spiro atoms. The maximum Gasteiger partial charge on any atom is 0.0992 e. The molecular weight excluding hydrogens is 294 g/mol. The van der Waals surface area contributed by atoms with Crippen molar-refractivity contribution in [1.82, 2.24) is 9.88 Å². The molecule has 1 aliphatic rings. The third kappa shape index (κ3) is 2.93. The standard InChI is InChI=1S/C21H21N3/c1-24(13-15-5-3-2-4-6-15)14-17-10-19(17)20-12-23-21-9-16(11-22)7-8-18(20)21/h2-9,12,17,19,23H,10,13-14H2,1H3. The average molecular weight is 315 g/mol. The van der Waals surface area contributed by atoms with Gasteiger partial charge in [0.2, 0.25) is 0 Å². The van der Waals surface area contributed by atoms with E-state index in [1.54, 1.807) is 0 Å². The first kappa shape index (κ1) is 15.0. The second kappa shape index (κ2) is 6.14. The first-order chi connectivity index (χ1) is 11.7. The summed E-state index contributed by atoms with van der Waals surface area (Å²) in [6.07, 6.45) is 3.39. The van der Waals surface area contributed by atoms with Crippen LogP contribution < -0.4 is 0 Å². The van der Waals surface area contributed by atoms with E-state index in [-0.39, 0.29) is 0 Å². The van der Waals surface area contributed by atoms with Crippen LogP contribution in [0.15, 0.2) is 54.7 Å². The molecule has 0 aliphatic heterocycles. The summed E-state index contributed by atoms with van der Waals surface area (Å²) in [5, 5.41) is 10.3. The molecule has 0 amide bonds. The van der Waals surface area contributed by atoms with Gasteiger partial charge in [0, 0.05) is 30.2 Å². The zero-order valence-corrected chi connectivity index (χ0v) is 13.9. The molecule has 1 aromatic heterocycles. The molecule has 0 bridgehead atoms. The zero-order valence-electron chi connectivity index (χ0n) is 13.9. The molecule has 24 heavy (non-hydrogen) atoms. The van der Waals surface area contributed by atoms with Crippen molar-refractivity contribution >= 4 is 10.9 Å². The fourth-order valence-corrected chi connectivity index (χ4v) is 3.72. The van der Waals surface area contributed by atoms with Gasteiger partial charge >= 0.3 is 0 Å². The van der Waals surface area contributed by atoms with Gasteiger partial charge in [0.15, 0.2) is 0 Å². The number of nitrogens with one attached hydrogen (secondary N) is 1. The van der Waals surface area contributed by atoms with Crippen molar-refractivity contribution in [2.45, 2.75) is 18.9 Å². The third-order valence-corrected chi connectivity index (χ3v) is 5.01. The molecule has 4 rings (SSSR count). The number of fused-ring (bicyclic) bond motifs is 1. The summed E-state index contributed by atoms with van der Waals surface area (Å²) < 4.78 is 0. The molecule has 3 nitrogen and oxygen atoms in total. The highest BCUT2D eigenvalue weighted by atomic mass is 15.1. The molecule has 3 heteroatoms. The summed E-state index contributed by atoms with van der Waals surface area (Å²) in [7, 11) is 2.21. The third-order valence-electron chi connectivity index (χ3n) is 5.01. The van der Waals surface area contributed by atoms with Crippen molar-refractivity contribution < 1.29 is 0 Å². The Hall–Kier alpha value is -2.57. The van der Waals surface area contributed by atoms with Gasteiger partial charge in [0.05, 0.1) is 11.6 Å². The Morgan fingerprint density at radius 3 is 2.83 bits per heavy atom. The van der Waals surface area contributed by atoms with Gasteiger partial charge in [-0.25, -0.2) is 0 Å². The summed E-state index contributed by atoms with van der Waals surface area (Å²) in [6, 6.07) is 18.8. The van der Waals surface area contributed by atoms with Crippen LogP contribution >= 0.6 is 0 Å². The van der Waals surface area contributed by atoms with E-state index >= 15 is 0 Å². The van der Waals surface area contributed by atoms with Crippen molar-refractivity contribution in [2.24, 2.45) is 5.92 Å². The number of hydrogen-bond donors (Lipinski definition) is 1. The fraction of sp³-hybridized carbons (Fsp3) is 0.286. The van der Waals surface area contributed by atoms with E-state index in [1.165, 1.54) is 22.9 Å². The fourth-order valence-electron chi connectivity index (χ4n) is 3.72. The molecule has 3 aromatic rings. The van der Waals surface area contributed by atoms with Crippen LogP contribution in [0.4, 0.5) is 0 Å². The van der Waals surface area contributed by atoms with Crippen LogP contribution in [0.3, 0.4) is 0 Å². The van der Waals surface area contributed by atoms with Crippen molar-refractivity contribution in [3.8, 4) is 6.07 Å². The molecule has 1 aliphatic carbocycles. The maximum atomic E-state index is 9.02. The van der Waals surface area contributed by atoms with Gasteiger partial charge in [-0.1, -0.05) is 36.4 Å². The number of aromatic nitrogens is 1. The minimum Gasteiger partial charge on any atom is -0.361 e. The lowest BCUT2D eigenvalue weighted by Crippen LogP contribution is -2.20. The molecule has 120 valence electrons. The van der Waals surface area contributed by atoms with E-state index in [0.29, 0.717) is 11.5 Å². The Morgan fingerprint density at radius 1 is 1.21 bits per heavy atom. The summed E-state index contributed by atoms with van der Waals surface area (Å²) in [5.74, 6) is 1.37. The number of nitrogens with zero attached hydrogens (tertiary/aromatic N) is 2. The van der Waals surface area contributed by atoms with E-state index in [4.69, 9.17) is 5.26 Å². The van der Waals surface area contributed by atoms with E-state index in [2.05, 4.69) is 65.6 Å². The highest BCUT2D eigenvalue weighted by Crippen LogP contribution is 2.49. The normalized spacial score (nSPS) is 19.5. The zero-order chi connectivity index (χ0) is 16.5. The van der Waals surface area contributed by atoms with Crippen LogP contribution in [-0.4, -0.2) is 23.5 Å². The maximum absolute atomic E-state index is 9.02. The van der Waals surface area contributed by atoms with Gasteiger partial charge in [0.25, 0.3) is 0 Å². The number of H-pyrrole nitrogens is 1. The van der Waals surface area contributed by atoms with E-state index in [0.717, 1.165) is 24.5 Å². The molecular formula is C21H21N3. The largest absolute Gasteiger partial charge is 0.361 e. The van der Waals surface area contributed by atoms with Crippen LogP contribution in [-0.2, 0) is 6.54 Å². The second-order valence-corrected chi connectivity index (χ2v) is 6.90. The Kier molecular flexibility index (Phi) is 3.84. The first-order valence-electron chi connectivity index (χ1n) is 8.48. The van der Waals surface area contributed by atoms with E-state index in [1.807, 2.05) is 12.1 Å². The highest BCUT2D eigenvalue weighted by molar-refractivity contribution is 5.85. The van der Waals surface area contributed by atoms with Gasteiger partial charge in [-0.3, -0.25) is 0 Å². The Bertz CT molecular complexity index is 888. The number of nitriles is 1. The van der Waals surface area contributed by atoms with Crippen LogP contribution in [0.5, 0.6) is 0 Å². The number of hydrogen-bond acceptors (Lipinski definition) is 2. The second-order valence-electron chi connectivity index (χ2n) is 6.90. The van der Waals surface area contributed by atoms with Gasteiger partial charge in [-0.05, 0) is 48.6 Å². The topological polar surface area (TPSA) is 42.8 Å². The lowest BCUT2D eigenvalue weighted by atomic mass is 10.1. The molecule has 1 N–H and O–H groups in total. The van der Waals surface area contributed by atoms with Gasteiger partial charge in [0.1, 0.15) is 0 Å². The first-order valence-corrected chi connectivity index (χ1v) is 8.48. The molecule has 0 radical (unpaired) electrons. The lowest BCUT2D eigenvalue weighted by Gasteiger charge is -2.16. The van der Waals surface area contributed by atoms with Crippen LogP contribution in [0.1, 0.15) is 29.0 Å². The molecule has 2 atom stereocenters. The highest BCUT2D eigenvalue weighted by Gasteiger charge is 2.40. The van der Waals surface area contributed by atoms with Crippen LogP contribution in [0, 0.1) is 17.2 Å². The van der Waals surface area contributed by atoms with Crippen LogP contribution in [0.25, 0.3) is 10.9 Å². The predicted molar refractivity (Wildman–Crippen MR) is 96.6 cm³/mol. The molecule has 1 saturated carbocycles. The molecule has 2 unspecified atom stereocenters.